The molecule has 0 unspecified atom stereocenters. The fourth-order valence-electron chi connectivity index (χ4n) is 2.60. The third-order valence-electron chi connectivity index (χ3n) is 3.70. The van der Waals surface area contributed by atoms with E-state index in [-0.39, 0.29) is 22.9 Å². The number of amides is 1. The maximum Gasteiger partial charge on any atom is 0.269 e. The molecule has 130 valence electrons. The topological polar surface area (TPSA) is 63.5 Å². The molecule has 1 aromatic carbocycles. The lowest BCUT2D eigenvalue weighted by Crippen LogP contribution is -2.28. The number of hydrogen-bond donors (Lipinski definition) is 1. The fourth-order valence-corrected chi connectivity index (χ4v) is 3.78. The minimum absolute atomic E-state index is 0.0285. The number of nitrogens with zero attached hydrogens (tertiary/aromatic N) is 2. The highest BCUT2D eigenvalue weighted by atomic mass is 35.5. The van der Waals surface area contributed by atoms with E-state index in [9.17, 15) is 14.0 Å². The predicted octanol–water partition coefficient (Wildman–Crippen LogP) is 3.20. The Morgan fingerprint density at radius 2 is 2.20 bits per heavy atom. The van der Waals surface area contributed by atoms with E-state index in [1.165, 1.54) is 27.9 Å². The van der Waals surface area contributed by atoms with Gasteiger partial charge in [0, 0.05) is 23.9 Å². The molecule has 2 aromatic heterocycles. The third kappa shape index (κ3) is 3.29. The molecule has 0 saturated carbocycles. The molecular formula is C17H15ClFN3O2S. The zero-order valence-electron chi connectivity index (χ0n) is 13.6. The Bertz CT molecular complexity index is 1030. The monoisotopic (exact) mass is 379 g/mol. The Balaban J connectivity index is 2.08. The molecular weight excluding hydrogens is 365 g/mol. The lowest BCUT2D eigenvalue weighted by molar-refractivity contribution is 0.0949. The molecule has 0 aliphatic carbocycles. The summed E-state index contributed by atoms with van der Waals surface area (Å²) in [4.78, 5) is 30.2. The van der Waals surface area contributed by atoms with Crippen molar-refractivity contribution >= 4 is 33.8 Å². The normalized spacial score (nSPS) is 11.0. The molecule has 0 bridgehead atoms. The lowest BCUT2D eigenvalue weighted by atomic mass is 10.1. The van der Waals surface area contributed by atoms with Gasteiger partial charge in [-0.1, -0.05) is 23.7 Å². The van der Waals surface area contributed by atoms with E-state index < -0.39 is 5.82 Å². The van der Waals surface area contributed by atoms with E-state index >= 15 is 0 Å². The van der Waals surface area contributed by atoms with Crippen LogP contribution in [0, 0.1) is 12.7 Å². The van der Waals surface area contributed by atoms with Gasteiger partial charge in [0.25, 0.3) is 11.5 Å². The van der Waals surface area contributed by atoms with E-state index in [1.807, 2.05) is 0 Å². The van der Waals surface area contributed by atoms with Crippen molar-refractivity contribution in [3.63, 3.8) is 0 Å². The number of hydrogen-bond acceptors (Lipinski definition) is 4. The number of carbonyl (C=O) groups excluding carboxylic acids is 1. The van der Waals surface area contributed by atoms with Crippen LogP contribution in [0.3, 0.4) is 0 Å². The van der Waals surface area contributed by atoms with Gasteiger partial charge in [0.05, 0.1) is 10.7 Å². The summed E-state index contributed by atoms with van der Waals surface area (Å²) >= 11 is 7.04. The van der Waals surface area contributed by atoms with Gasteiger partial charge >= 0.3 is 0 Å². The van der Waals surface area contributed by atoms with Gasteiger partial charge in [0.15, 0.2) is 4.96 Å². The number of aryl methyl sites for hydroxylation is 1. The number of rotatable bonds is 4. The van der Waals surface area contributed by atoms with Crippen molar-refractivity contribution < 1.29 is 9.18 Å². The number of nitrogens with one attached hydrogen (secondary N) is 1. The summed E-state index contributed by atoms with van der Waals surface area (Å²) in [6.45, 7) is 4.03. The summed E-state index contributed by atoms with van der Waals surface area (Å²) in [5.74, 6) is -0.833. The minimum atomic E-state index is -0.517. The second-order valence-electron chi connectivity index (χ2n) is 5.46. The van der Waals surface area contributed by atoms with Gasteiger partial charge in [-0.3, -0.25) is 9.59 Å². The molecule has 8 heteroatoms. The van der Waals surface area contributed by atoms with Crippen molar-refractivity contribution in [2.24, 2.45) is 0 Å². The van der Waals surface area contributed by atoms with Crippen molar-refractivity contribution in [3.05, 3.63) is 67.3 Å². The van der Waals surface area contributed by atoms with Gasteiger partial charge < -0.3 is 5.32 Å². The number of carbonyl (C=O) groups is 1. The zero-order valence-corrected chi connectivity index (χ0v) is 15.2. The lowest BCUT2D eigenvalue weighted by Gasteiger charge is -2.06. The van der Waals surface area contributed by atoms with Gasteiger partial charge in [-0.25, -0.2) is 13.8 Å². The maximum atomic E-state index is 14.1. The van der Waals surface area contributed by atoms with E-state index in [2.05, 4.69) is 10.3 Å². The molecule has 1 N–H and O–H groups in total. The molecule has 0 radical (unpaired) electrons. The van der Waals surface area contributed by atoms with E-state index in [0.29, 0.717) is 33.3 Å². The Kier molecular flexibility index (Phi) is 4.87. The molecule has 0 aliphatic rings. The molecule has 5 nitrogen and oxygen atoms in total. The highest BCUT2D eigenvalue weighted by molar-refractivity contribution is 7.17. The standard InChI is InChI=1S/C17H15ClFN3O2S/c1-3-20-16(24)15-9(2)25-17-21-11(8-13(23)22(15)17)7-10-5-4-6-12(18)14(10)19/h4-6,8H,3,7H2,1-2H3,(H,20,24). The number of halogens is 2. The molecule has 0 aliphatic heterocycles. The van der Waals surface area contributed by atoms with E-state index in [4.69, 9.17) is 11.6 Å². The van der Waals surface area contributed by atoms with Crippen LogP contribution in [-0.4, -0.2) is 21.8 Å². The van der Waals surface area contributed by atoms with Gasteiger partial charge in [0.2, 0.25) is 0 Å². The predicted molar refractivity (Wildman–Crippen MR) is 96.3 cm³/mol. The molecule has 3 rings (SSSR count). The number of benzene rings is 1. The number of aromatic nitrogens is 2. The number of thiazole rings is 1. The van der Waals surface area contributed by atoms with Crippen molar-refractivity contribution in [3.8, 4) is 0 Å². The second kappa shape index (κ2) is 6.93. The van der Waals surface area contributed by atoms with Crippen LogP contribution in [0.25, 0.3) is 4.96 Å². The summed E-state index contributed by atoms with van der Waals surface area (Å²) < 4.78 is 15.4. The third-order valence-corrected chi connectivity index (χ3v) is 4.95. The van der Waals surface area contributed by atoms with Crippen LogP contribution in [-0.2, 0) is 6.42 Å². The molecule has 0 saturated heterocycles. The van der Waals surface area contributed by atoms with Gasteiger partial charge in [-0.2, -0.15) is 0 Å². The van der Waals surface area contributed by atoms with Crippen molar-refractivity contribution in [2.45, 2.75) is 20.3 Å². The Labute approximate surface area is 152 Å². The van der Waals surface area contributed by atoms with Crippen LogP contribution in [0.4, 0.5) is 4.39 Å². The average Bonchev–Trinajstić information content (AvgIpc) is 2.88. The van der Waals surface area contributed by atoms with Crippen LogP contribution in [0.1, 0.15) is 33.5 Å². The molecule has 0 spiro atoms. The van der Waals surface area contributed by atoms with Crippen molar-refractivity contribution in [2.75, 3.05) is 6.54 Å². The summed E-state index contributed by atoms with van der Waals surface area (Å²) in [7, 11) is 0. The highest BCUT2D eigenvalue weighted by Gasteiger charge is 2.19. The van der Waals surface area contributed by atoms with Crippen LogP contribution in [0.2, 0.25) is 5.02 Å². The van der Waals surface area contributed by atoms with Gasteiger partial charge in [-0.05, 0) is 25.5 Å². The summed E-state index contributed by atoms with van der Waals surface area (Å²) in [6, 6.07) is 6.04. The molecule has 1 amide bonds. The van der Waals surface area contributed by atoms with E-state index in [0.717, 1.165) is 0 Å². The zero-order chi connectivity index (χ0) is 18.1. The largest absolute Gasteiger partial charge is 0.351 e. The first-order chi connectivity index (χ1) is 11.9. The first-order valence-electron chi connectivity index (χ1n) is 7.65. The summed E-state index contributed by atoms with van der Waals surface area (Å²) in [5, 5.41) is 2.72. The Morgan fingerprint density at radius 1 is 1.44 bits per heavy atom. The summed E-state index contributed by atoms with van der Waals surface area (Å²) in [6.07, 6.45) is 0.144. The molecule has 0 atom stereocenters. The van der Waals surface area contributed by atoms with Crippen molar-refractivity contribution in [1.29, 1.82) is 0 Å². The van der Waals surface area contributed by atoms with Crippen LogP contribution >= 0.6 is 22.9 Å². The van der Waals surface area contributed by atoms with Gasteiger partial charge in [-0.15, -0.1) is 11.3 Å². The smallest absolute Gasteiger partial charge is 0.269 e. The average molecular weight is 380 g/mol. The molecule has 25 heavy (non-hydrogen) atoms. The molecule has 3 aromatic rings. The second-order valence-corrected chi connectivity index (χ2v) is 7.05. The Hall–Kier alpha value is -2.25. The van der Waals surface area contributed by atoms with Crippen LogP contribution in [0.5, 0.6) is 0 Å². The number of fused-ring (bicyclic) bond motifs is 1. The van der Waals surface area contributed by atoms with Crippen LogP contribution in [0.15, 0.2) is 29.1 Å². The molecule has 2 heterocycles. The Morgan fingerprint density at radius 3 is 2.92 bits per heavy atom. The van der Waals surface area contributed by atoms with Gasteiger partial charge in [0.1, 0.15) is 11.5 Å². The minimum Gasteiger partial charge on any atom is -0.351 e. The quantitative estimate of drug-likeness (QED) is 0.757. The maximum absolute atomic E-state index is 14.1. The highest BCUT2D eigenvalue weighted by Crippen LogP contribution is 2.22. The molecule has 0 fully saturated rings. The summed E-state index contributed by atoms with van der Waals surface area (Å²) in [5.41, 5.74) is 0.712. The SMILES string of the molecule is CCNC(=O)c1c(C)sc2nc(Cc3cccc(Cl)c3F)cc(=O)n12. The first-order valence-corrected chi connectivity index (χ1v) is 8.85. The van der Waals surface area contributed by atoms with Crippen molar-refractivity contribution in [1.82, 2.24) is 14.7 Å². The van der Waals surface area contributed by atoms with E-state index in [1.54, 1.807) is 26.0 Å². The van der Waals surface area contributed by atoms with Crippen LogP contribution < -0.4 is 10.9 Å². The first kappa shape index (κ1) is 17.6. The fraction of sp³-hybridized carbons (Fsp3) is 0.235.